The van der Waals surface area contributed by atoms with E-state index < -0.39 is 16.5 Å². The number of nitrogens with one attached hydrogen (secondary N) is 1. The Morgan fingerprint density at radius 2 is 1.63 bits per heavy atom. The van der Waals surface area contributed by atoms with Crippen molar-refractivity contribution in [2.75, 3.05) is 34.9 Å². The molecule has 0 spiro atoms. The van der Waals surface area contributed by atoms with E-state index in [-0.39, 0.29) is 11.9 Å². The molecule has 2 rings (SSSR count). The molecule has 0 radical (unpaired) electrons. The smallest absolute Gasteiger partial charge is 0.313 e. The van der Waals surface area contributed by atoms with Gasteiger partial charge in [-0.25, -0.2) is 0 Å². The zero-order valence-corrected chi connectivity index (χ0v) is 17.9. The normalized spacial score (nSPS) is 20.1. The molecule has 1 aromatic carbocycles. The molecule has 1 heterocycles. The summed E-state index contributed by atoms with van der Waals surface area (Å²) in [6, 6.07) is 9.75. The molecule has 152 valence electrons. The number of likely N-dealkylation sites (N-methyl/N-ethyl adjacent to an activating group) is 1. The number of hydrogen-bond acceptors (Lipinski definition) is 5. The van der Waals surface area contributed by atoms with Crippen molar-refractivity contribution < 1.29 is 19.1 Å². The van der Waals surface area contributed by atoms with Crippen molar-refractivity contribution in [3.63, 3.8) is 0 Å². The number of benzene rings is 1. The molecule has 1 N–H and O–H groups in total. The molecular formula is C21H34N2O4. The van der Waals surface area contributed by atoms with Gasteiger partial charge in [-0.15, -0.1) is 0 Å². The first-order valence-corrected chi connectivity index (χ1v) is 9.11. The van der Waals surface area contributed by atoms with Gasteiger partial charge in [-0.1, -0.05) is 30.3 Å². The fourth-order valence-corrected chi connectivity index (χ4v) is 3.46. The summed E-state index contributed by atoms with van der Waals surface area (Å²) >= 11 is 0. The fourth-order valence-electron chi connectivity index (χ4n) is 3.46. The number of carbonyl (C=O) groups is 2. The molecule has 1 aliphatic heterocycles. The van der Waals surface area contributed by atoms with Crippen LogP contribution in [0.1, 0.15) is 39.7 Å². The Labute approximate surface area is 163 Å². The van der Waals surface area contributed by atoms with E-state index in [1.54, 1.807) is 14.2 Å². The minimum atomic E-state index is -0.822. The number of amides is 1. The van der Waals surface area contributed by atoms with Crippen molar-refractivity contribution in [3.05, 3.63) is 35.9 Å². The molecule has 6 nitrogen and oxygen atoms in total. The van der Waals surface area contributed by atoms with Crippen molar-refractivity contribution in [2.24, 2.45) is 5.41 Å². The number of ether oxygens (including phenoxy) is 2. The molecule has 6 heteroatoms. The molecule has 1 amide bonds. The predicted octanol–water partition coefficient (Wildman–Crippen LogP) is 2.57. The third-order valence-electron chi connectivity index (χ3n) is 5.91. The highest BCUT2D eigenvalue weighted by Gasteiger charge is 2.56. The SMILES string of the molecule is CNC1(c2ccccc2)CCN(C(C)(C)C(C)(C)C(=O)OC)C1=O.COC. The second-order valence-electron chi connectivity index (χ2n) is 7.81. The molecule has 0 aromatic heterocycles. The monoisotopic (exact) mass is 378 g/mol. The van der Waals surface area contributed by atoms with Crippen LogP contribution in [-0.2, 0) is 24.6 Å². The Morgan fingerprint density at radius 3 is 2.07 bits per heavy atom. The van der Waals surface area contributed by atoms with Crippen LogP contribution in [0.2, 0.25) is 0 Å². The Kier molecular flexibility index (Phi) is 7.57. The number of likely N-dealkylation sites (tertiary alicyclic amines) is 1. The van der Waals surface area contributed by atoms with E-state index in [0.717, 1.165) is 5.56 Å². The summed E-state index contributed by atoms with van der Waals surface area (Å²) < 4.78 is 9.22. The third-order valence-corrected chi connectivity index (χ3v) is 5.91. The van der Waals surface area contributed by atoms with Crippen molar-refractivity contribution in [1.29, 1.82) is 0 Å². The minimum absolute atomic E-state index is 0.00169. The van der Waals surface area contributed by atoms with Gasteiger partial charge in [0.15, 0.2) is 0 Å². The first-order chi connectivity index (χ1) is 12.6. The summed E-state index contributed by atoms with van der Waals surface area (Å²) in [5.41, 5.74) is -1.29. The summed E-state index contributed by atoms with van der Waals surface area (Å²) in [5, 5.41) is 3.23. The molecule has 0 aliphatic carbocycles. The van der Waals surface area contributed by atoms with Crippen molar-refractivity contribution in [3.8, 4) is 0 Å². The fraction of sp³-hybridized carbons (Fsp3) is 0.619. The summed E-state index contributed by atoms with van der Waals surface area (Å²) in [4.78, 5) is 27.5. The summed E-state index contributed by atoms with van der Waals surface area (Å²) in [6.07, 6.45) is 0.660. The maximum Gasteiger partial charge on any atom is 0.313 e. The maximum atomic E-state index is 13.4. The zero-order chi connectivity index (χ0) is 20.9. The van der Waals surface area contributed by atoms with Gasteiger partial charge < -0.3 is 19.7 Å². The van der Waals surface area contributed by atoms with Gasteiger partial charge in [-0.05, 0) is 46.7 Å². The molecule has 1 atom stereocenters. The lowest BCUT2D eigenvalue weighted by Crippen LogP contribution is -2.60. The van der Waals surface area contributed by atoms with Crippen LogP contribution in [0, 0.1) is 5.41 Å². The summed E-state index contributed by atoms with van der Waals surface area (Å²) in [5.74, 6) is -0.319. The van der Waals surface area contributed by atoms with Crippen LogP contribution in [0.25, 0.3) is 0 Å². The highest BCUT2D eigenvalue weighted by molar-refractivity contribution is 5.91. The highest BCUT2D eigenvalue weighted by atomic mass is 16.5. The number of esters is 1. The molecule has 0 bridgehead atoms. The summed E-state index contributed by atoms with van der Waals surface area (Å²) in [6.45, 7) is 8.10. The number of methoxy groups -OCH3 is 2. The maximum absolute atomic E-state index is 13.4. The van der Waals surface area contributed by atoms with Gasteiger partial charge in [-0.2, -0.15) is 0 Å². The van der Waals surface area contributed by atoms with E-state index in [4.69, 9.17) is 4.74 Å². The molecule has 27 heavy (non-hydrogen) atoms. The van der Waals surface area contributed by atoms with Gasteiger partial charge in [-0.3, -0.25) is 9.59 Å². The lowest BCUT2D eigenvalue weighted by atomic mass is 9.73. The molecule has 1 aromatic rings. The lowest BCUT2D eigenvalue weighted by molar-refractivity contribution is -0.162. The largest absolute Gasteiger partial charge is 0.469 e. The average molecular weight is 379 g/mol. The molecule has 1 fully saturated rings. The Morgan fingerprint density at radius 1 is 1.11 bits per heavy atom. The molecular weight excluding hydrogens is 344 g/mol. The first-order valence-electron chi connectivity index (χ1n) is 9.11. The molecule has 1 aliphatic rings. The van der Waals surface area contributed by atoms with Gasteiger partial charge in [0.1, 0.15) is 5.54 Å². The van der Waals surface area contributed by atoms with Crippen molar-refractivity contribution in [2.45, 2.75) is 45.2 Å². The van der Waals surface area contributed by atoms with Crippen LogP contribution in [0.5, 0.6) is 0 Å². The second-order valence-corrected chi connectivity index (χ2v) is 7.81. The predicted molar refractivity (Wildman–Crippen MR) is 106 cm³/mol. The van der Waals surface area contributed by atoms with Gasteiger partial charge in [0.25, 0.3) is 0 Å². The highest BCUT2D eigenvalue weighted by Crippen LogP contribution is 2.43. The van der Waals surface area contributed by atoms with Crippen molar-refractivity contribution in [1.82, 2.24) is 10.2 Å². The molecule has 0 saturated carbocycles. The molecule has 1 saturated heterocycles. The lowest BCUT2D eigenvalue weighted by Gasteiger charge is -2.46. The Balaban J connectivity index is 0.00000114. The van der Waals surface area contributed by atoms with Crippen LogP contribution < -0.4 is 5.32 Å². The number of hydrogen-bond donors (Lipinski definition) is 1. The Bertz CT molecular complexity index is 643. The average Bonchev–Trinajstić information content (AvgIpc) is 3.00. The topological polar surface area (TPSA) is 67.9 Å². The van der Waals surface area contributed by atoms with Crippen LogP contribution in [0.15, 0.2) is 30.3 Å². The zero-order valence-electron chi connectivity index (χ0n) is 17.9. The van der Waals surface area contributed by atoms with Crippen LogP contribution in [0.3, 0.4) is 0 Å². The van der Waals surface area contributed by atoms with Crippen LogP contribution in [0.4, 0.5) is 0 Å². The van der Waals surface area contributed by atoms with E-state index in [9.17, 15) is 9.59 Å². The van der Waals surface area contributed by atoms with Crippen molar-refractivity contribution >= 4 is 11.9 Å². The number of nitrogens with zero attached hydrogens (tertiary/aromatic N) is 1. The quantitative estimate of drug-likeness (QED) is 0.798. The summed E-state index contributed by atoms with van der Waals surface area (Å²) in [7, 11) is 6.45. The van der Waals surface area contributed by atoms with Crippen LogP contribution in [-0.4, -0.2) is 57.2 Å². The molecule has 1 unspecified atom stereocenters. The van der Waals surface area contributed by atoms with Gasteiger partial charge in [0, 0.05) is 20.8 Å². The standard InChI is InChI=1S/C19H28N2O3.C2H6O/c1-17(2,16(23)24-6)18(3,4)21-13-12-19(20-5,15(21)22)14-10-8-7-9-11-14;1-3-2/h7-11,20H,12-13H2,1-6H3;1-2H3. The first kappa shape index (κ1) is 23.1. The van der Waals surface area contributed by atoms with Gasteiger partial charge >= 0.3 is 5.97 Å². The van der Waals surface area contributed by atoms with Gasteiger partial charge in [0.2, 0.25) is 5.91 Å². The van der Waals surface area contributed by atoms with E-state index >= 15 is 0 Å². The number of carbonyl (C=O) groups excluding carboxylic acids is 2. The van der Waals surface area contributed by atoms with Crippen LogP contribution >= 0.6 is 0 Å². The van der Waals surface area contributed by atoms with E-state index in [2.05, 4.69) is 10.1 Å². The van der Waals surface area contributed by atoms with E-state index in [1.165, 1.54) is 7.11 Å². The van der Waals surface area contributed by atoms with E-state index in [1.807, 2.05) is 70.0 Å². The van der Waals surface area contributed by atoms with E-state index in [0.29, 0.717) is 13.0 Å². The van der Waals surface area contributed by atoms with Gasteiger partial charge in [0.05, 0.1) is 18.1 Å². The Hall–Kier alpha value is -1.92. The minimum Gasteiger partial charge on any atom is -0.469 e. The third kappa shape index (κ3) is 4.01. The second kappa shape index (κ2) is 8.85. The number of rotatable bonds is 5.